The van der Waals surface area contributed by atoms with Crippen molar-refractivity contribution >= 4 is 34.4 Å². The van der Waals surface area contributed by atoms with Crippen molar-refractivity contribution in [2.75, 3.05) is 19.5 Å². The fraction of sp³-hybridized carbons (Fsp3) is 0.130. The number of aromatic nitrogens is 1. The Morgan fingerprint density at radius 1 is 1.16 bits per heavy atom. The lowest BCUT2D eigenvalue weighted by molar-refractivity contribution is -0.112. The van der Waals surface area contributed by atoms with Crippen LogP contribution in [0.5, 0.6) is 11.5 Å². The predicted octanol–water partition coefficient (Wildman–Crippen LogP) is 4.06. The monoisotopic (exact) mass is 449 g/mol. The molecular formula is C23H19N3O5S. The number of thiazole rings is 1. The van der Waals surface area contributed by atoms with Gasteiger partial charge in [-0.2, -0.15) is 5.26 Å². The summed E-state index contributed by atoms with van der Waals surface area (Å²) in [5, 5.41) is 14.1. The van der Waals surface area contributed by atoms with Gasteiger partial charge in [0.25, 0.3) is 5.91 Å². The summed E-state index contributed by atoms with van der Waals surface area (Å²) in [6.45, 7) is 0.257. The number of carbonyl (C=O) groups excluding carboxylic acids is 2. The highest BCUT2D eigenvalue weighted by atomic mass is 32.1. The number of rotatable bonds is 8. The molecule has 0 aliphatic carbocycles. The van der Waals surface area contributed by atoms with Gasteiger partial charge in [0, 0.05) is 11.6 Å². The van der Waals surface area contributed by atoms with Crippen molar-refractivity contribution in [3.63, 3.8) is 0 Å². The maximum atomic E-state index is 12.3. The number of hydrogen-bond acceptors (Lipinski definition) is 8. The molecule has 0 unspecified atom stereocenters. The molecular weight excluding hydrogens is 430 g/mol. The van der Waals surface area contributed by atoms with Crippen LogP contribution in [-0.2, 0) is 16.1 Å². The van der Waals surface area contributed by atoms with Gasteiger partial charge in [-0.3, -0.25) is 10.1 Å². The summed E-state index contributed by atoms with van der Waals surface area (Å²) in [6.07, 6.45) is 3.02. The van der Waals surface area contributed by atoms with Crippen LogP contribution in [0.25, 0.3) is 6.08 Å². The van der Waals surface area contributed by atoms with E-state index in [2.05, 4.69) is 15.0 Å². The second-order valence-electron chi connectivity index (χ2n) is 6.35. The first-order valence-corrected chi connectivity index (χ1v) is 10.2. The first-order chi connectivity index (χ1) is 15.5. The fourth-order valence-electron chi connectivity index (χ4n) is 2.67. The quantitative estimate of drug-likeness (QED) is 0.314. The number of benzene rings is 2. The molecule has 0 radical (unpaired) electrons. The van der Waals surface area contributed by atoms with E-state index < -0.39 is 11.9 Å². The Bertz CT molecular complexity index is 1170. The molecule has 0 spiro atoms. The topological polar surface area (TPSA) is 111 Å². The van der Waals surface area contributed by atoms with Crippen LogP contribution in [0.15, 0.2) is 59.6 Å². The number of carbonyl (C=O) groups is 2. The Balaban J connectivity index is 1.71. The van der Waals surface area contributed by atoms with Crippen LogP contribution in [-0.4, -0.2) is 31.1 Å². The molecule has 9 heteroatoms. The molecule has 0 saturated carbocycles. The first kappa shape index (κ1) is 22.5. The molecule has 0 aliphatic rings. The van der Waals surface area contributed by atoms with Gasteiger partial charge in [-0.15, -0.1) is 11.3 Å². The van der Waals surface area contributed by atoms with Gasteiger partial charge in [-0.1, -0.05) is 18.2 Å². The normalized spacial score (nSPS) is 10.7. The van der Waals surface area contributed by atoms with Crippen molar-refractivity contribution in [3.05, 3.63) is 76.3 Å². The second-order valence-corrected chi connectivity index (χ2v) is 7.24. The van der Waals surface area contributed by atoms with Gasteiger partial charge in [-0.25, -0.2) is 9.78 Å². The molecule has 8 nitrogen and oxygen atoms in total. The molecule has 1 amide bonds. The molecule has 0 atom stereocenters. The molecule has 1 aromatic heterocycles. The van der Waals surface area contributed by atoms with Crippen LogP contribution >= 0.6 is 11.3 Å². The summed E-state index contributed by atoms with van der Waals surface area (Å²) in [4.78, 5) is 27.8. The van der Waals surface area contributed by atoms with Crippen LogP contribution in [0.3, 0.4) is 0 Å². The van der Waals surface area contributed by atoms with Gasteiger partial charge in [-0.05, 0) is 41.5 Å². The molecule has 0 bridgehead atoms. The lowest BCUT2D eigenvalue weighted by Gasteiger charge is -2.12. The van der Waals surface area contributed by atoms with Crippen molar-refractivity contribution in [3.8, 4) is 17.6 Å². The molecule has 3 aromatic rings. The minimum atomic E-state index is -0.544. The number of ether oxygens (including phenoxy) is 3. The number of hydrogen-bond donors (Lipinski definition) is 1. The number of nitriles is 1. The maximum Gasteiger partial charge on any atom is 0.337 e. The average molecular weight is 449 g/mol. The molecule has 162 valence electrons. The number of methoxy groups -OCH3 is 2. The third kappa shape index (κ3) is 5.71. The Hall–Kier alpha value is -4.16. The zero-order valence-electron chi connectivity index (χ0n) is 17.3. The molecule has 0 saturated heterocycles. The van der Waals surface area contributed by atoms with Crippen LogP contribution < -0.4 is 14.8 Å². The minimum Gasteiger partial charge on any atom is -0.493 e. The number of nitrogens with one attached hydrogen (secondary N) is 1. The summed E-state index contributed by atoms with van der Waals surface area (Å²) in [5.41, 5.74) is 1.84. The van der Waals surface area contributed by atoms with Crippen molar-refractivity contribution in [2.24, 2.45) is 0 Å². The smallest absolute Gasteiger partial charge is 0.337 e. The highest BCUT2D eigenvalue weighted by Gasteiger charge is 2.12. The van der Waals surface area contributed by atoms with E-state index in [4.69, 9.17) is 9.47 Å². The summed E-state index contributed by atoms with van der Waals surface area (Å²) in [6, 6.07) is 13.9. The lowest BCUT2D eigenvalue weighted by Crippen LogP contribution is -2.13. The zero-order chi connectivity index (χ0) is 22.9. The number of nitrogens with zero attached hydrogens (tertiary/aromatic N) is 2. The summed E-state index contributed by atoms with van der Waals surface area (Å²) < 4.78 is 15.9. The second kappa shape index (κ2) is 10.7. The van der Waals surface area contributed by atoms with E-state index in [1.54, 1.807) is 54.0 Å². The fourth-order valence-corrected chi connectivity index (χ4v) is 3.20. The number of anilines is 1. The van der Waals surface area contributed by atoms with Crippen molar-refractivity contribution in [1.82, 2.24) is 4.98 Å². The Morgan fingerprint density at radius 3 is 2.56 bits per heavy atom. The molecule has 0 fully saturated rings. The molecule has 2 aromatic carbocycles. The van der Waals surface area contributed by atoms with Gasteiger partial charge < -0.3 is 14.2 Å². The van der Waals surface area contributed by atoms with E-state index in [-0.39, 0.29) is 12.2 Å². The number of amides is 1. The highest BCUT2D eigenvalue weighted by Crippen LogP contribution is 2.30. The van der Waals surface area contributed by atoms with Crippen LogP contribution in [0, 0.1) is 11.3 Å². The Labute approximate surface area is 188 Å². The minimum absolute atomic E-state index is 0.0679. The van der Waals surface area contributed by atoms with Crippen molar-refractivity contribution in [1.29, 1.82) is 5.26 Å². The Kier molecular flexibility index (Phi) is 7.56. The third-order valence-electron chi connectivity index (χ3n) is 4.29. The van der Waals surface area contributed by atoms with Gasteiger partial charge in [0.1, 0.15) is 18.2 Å². The number of esters is 1. The Morgan fingerprint density at radius 2 is 1.94 bits per heavy atom. The lowest BCUT2D eigenvalue weighted by atomic mass is 10.1. The summed E-state index contributed by atoms with van der Waals surface area (Å²) in [5.74, 6) is -0.00742. The maximum absolute atomic E-state index is 12.3. The van der Waals surface area contributed by atoms with Gasteiger partial charge >= 0.3 is 5.97 Å². The summed E-state index contributed by atoms with van der Waals surface area (Å²) >= 11 is 1.26. The van der Waals surface area contributed by atoms with Crippen LogP contribution in [0.4, 0.5) is 5.13 Å². The van der Waals surface area contributed by atoms with E-state index in [9.17, 15) is 14.9 Å². The SMILES string of the molecule is COC(=O)c1ccc(COc2ccc(/C=C(/C#N)C(=O)Nc3nccs3)cc2OC)cc1. The van der Waals surface area contributed by atoms with Gasteiger partial charge in [0.2, 0.25) is 0 Å². The average Bonchev–Trinajstić information content (AvgIpc) is 3.34. The van der Waals surface area contributed by atoms with E-state index in [0.717, 1.165) is 5.56 Å². The molecule has 0 aliphatic heterocycles. The van der Waals surface area contributed by atoms with Crippen LogP contribution in [0.1, 0.15) is 21.5 Å². The molecule has 1 N–H and O–H groups in total. The standard InChI is InChI=1S/C23H19N3O5S/c1-29-20-12-16(11-18(13-24)21(27)26-23-25-9-10-32-23)5-8-19(20)31-14-15-3-6-17(7-4-15)22(28)30-2/h3-12H,14H2,1-2H3,(H,25,26,27)/b18-11-. The van der Waals surface area contributed by atoms with Gasteiger partial charge in [0.05, 0.1) is 19.8 Å². The van der Waals surface area contributed by atoms with Crippen molar-refractivity contribution in [2.45, 2.75) is 6.61 Å². The largest absolute Gasteiger partial charge is 0.493 e. The van der Waals surface area contributed by atoms with E-state index in [0.29, 0.717) is 27.8 Å². The zero-order valence-corrected chi connectivity index (χ0v) is 18.1. The molecule has 3 rings (SSSR count). The summed E-state index contributed by atoms with van der Waals surface area (Å²) in [7, 11) is 2.83. The van der Waals surface area contributed by atoms with Crippen LogP contribution in [0.2, 0.25) is 0 Å². The van der Waals surface area contributed by atoms with E-state index in [1.165, 1.54) is 31.6 Å². The third-order valence-corrected chi connectivity index (χ3v) is 4.97. The first-order valence-electron chi connectivity index (χ1n) is 9.34. The predicted molar refractivity (Wildman–Crippen MR) is 119 cm³/mol. The van der Waals surface area contributed by atoms with E-state index >= 15 is 0 Å². The highest BCUT2D eigenvalue weighted by molar-refractivity contribution is 7.13. The van der Waals surface area contributed by atoms with E-state index in [1.807, 2.05) is 6.07 Å². The van der Waals surface area contributed by atoms with Gasteiger partial charge in [0.15, 0.2) is 16.6 Å². The van der Waals surface area contributed by atoms with Crippen molar-refractivity contribution < 1.29 is 23.8 Å². The molecule has 32 heavy (non-hydrogen) atoms. The molecule has 1 heterocycles.